The number of carbonyl (C=O) groups is 1. The van der Waals surface area contributed by atoms with Crippen molar-refractivity contribution in [3.05, 3.63) is 34.1 Å². The smallest absolute Gasteiger partial charge is 0.254 e. The highest BCUT2D eigenvalue weighted by Crippen LogP contribution is 2.19. The van der Waals surface area contributed by atoms with Crippen molar-refractivity contribution in [3.8, 4) is 0 Å². The molecule has 1 heterocycles. The second-order valence-electron chi connectivity index (χ2n) is 4.05. The van der Waals surface area contributed by atoms with E-state index < -0.39 is 5.82 Å². The van der Waals surface area contributed by atoms with Gasteiger partial charge in [0.2, 0.25) is 0 Å². The Morgan fingerprint density at radius 3 is 3.00 bits per heavy atom. The molecule has 2 rings (SSSR count). The number of hydrogen-bond acceptors (Lipinski definition) is 2. The topological polar surface area (TPSA) is 29.5 Å². The third-order valence-electron chi connectivity index (χ3n) is 2.80. The van der Waals surface area contributed by atoms with Crippen molar-refractivity contribution in [1.82, 2.24) is 4.90 Å². The summed E-state index contributed by atoms with van der Waals surface area (Å²) in [6, 6.07) is 4.46. The van der Waals surface area contributed by atoms with E-state index in [2.05, 4.69) is 15.9 Å². The Hall–Kier alpha value is -0.940. The Kier molecular flexibility index (Phi) is 3.79. The van der Waals surface area contributed by atoms with Gasteiger partial charge in [0.25, 0.3) is 5.91 Å². The molecule has 1 aliphatic rings. The first kappa shape index (κ1) is 12.5. The van der Waals surface area contributed by atoms with Gasteiger partial charge in [0.05, 0.1) is 23.7 Å². The third kappa shape index (κ3) is 2.66. The average Bonchev–Trinajstić information content (AvgIpc) is 2.32. The standard InChI is InChI=1S/C12H13BrFNO2/c1-8-7-17-5-4-15(8)12(16)9-2-3-10(13)11(14)6-9/h2-3,6,8H,4-5,7H2,1H3. The Labute approximate surface area is 108 Å². The molecule has 0 aromatic heterocycles. The molecule has 1 amide bonds. The molecule has 0 N–H and O–H groups in total. The average molecular weight is 302 g/mol. The number of carbonyl (C=O) groups excluding carboxylic acids is 1. The van der Waals surface area contributed by atoms with Crippen LogP contribution in [0.1, 0.15) is 17.3 Å². The van der Waals surface area contributed by atoms with Gasteiger partial charge >= 0.3 is 0 Å². The van der Waals surface area contributed by atoms with E-state index in [1.807, 2.05) is 6.92 Å². The quantitative estimate of drug-likeness (QED) is 0.797. The molecule has 92 valence electrons. The minimum atomic E-state index is -0.420. The number of halogens is 2. The zero-order chi connectivity index (χ0) is 12.4. The second-order valence-corrected chi connectivity index (χ2v) is 4.91. The molecule has 1 aromatic rings. The Bertz CT molecular complexity index is 439. The van der Waals surface area contributed by atoms with Crippen LogP contribution in [-0.2, 0) is 4.74 Å². The zero-order valence-electron chi connectivity index (χ0n) is 9.45. The van der Waals surface area contributed by atoms with E-state index in [-0.39, 0.29) is 11.9 Å². The molecule has 1 atom stereocenters. The minimum absolute atomic E-state index is 0.0305. The molecule has 0 aliphatic carbocycles. The van der Waals surface area contributed by atoms with E-state index in [1.165, 1.54) is 6.07 Å². The van der Waals surface area contributed by atoms with Crippen LogP contribution in [0, 0.1) is 5.82 Å². The van der Waals surface area contributed by atoms with Gasteiger partial charge < -0.3 is 9.64 Å². The van der Waals surface area contributed by atoms with Crippen LogP contribution in [-0.4, -0.2) is 36.6 Å². The first-order valence-electron chi connectivity index (χ1n) is 5.43. The van der Waals surface area contributed by atoms with Crippen molar-refractivity contribution < 1.29 is 13.9 Å². The van der Waals surface area contributed by atoms with Crippen molar-refractivity contribution in [2.24, 2.45) is 0 Å². The van der Waals surface area contributed by atoms with Gasteiger partial charge in [-0.2, -0.15) is 0 Å². The van der Waals surface area contributed by atoms with Crippen molar-refractivity contribution in [2.45, 2.75) is 13.0 Å². The van der Waals surface area contributed by atoms with Gasteiger partial charge in [0.15, 0.2) is 0 Å². The summed E-state index contributed by atoms with van der Waals surface area (Å²) in [7, 11) is 0. The number of ether oxygens (including phenoxy) is 1. The van der Waals surface area contributed by atoms with Crippen LogP contribution < -0.4 is 0 Å². The van der Waals surface area contributed by atoms with Gasteiger partial charge in [0, 0.05) is 12.1 Å². The fourth-order valence-corrected chi connectivity index (χ4v) is 2.07. The maximum Gasteiger partial charge on any atom is 0.254 e. The number of rotatable bonds is 1. The number of morpholine rings is 1. The summed E-state index contributed by atoms with van der Waals surface area (Å²) < 4.78 is 19.0. The highest BCUT2D eigenvalue weighted by molar-refractivity contribution is 9.10. The lowest BCUT2D eigenvalue weighted by Gasteiger charge is -2.33. The normalized spacial score (nSPS) is 20.4. The van der Waals surface area contributed by atoms with Crippen molar-refractivity contribution >= 4 is 21.8 Å². The molecule has 0 saturated carbocycles. The van der Waals surface area contributed by atoms with E-state index in [1.54, 1.807) is 17.0 Å². The van der Waals surface area contributed by atoms with Gasteiger partial charge in [-0.25, -0.2) is 4.39 Å². The summed E-state index contributed by atoms with van der Waals surface area (Å²) in [5.74, 6) is -0.566. The molecule has 17 heavy (non-hydrogen) atoms. The maximum absolute atomic E-state index is 13.4. The molecule has 1 fully saturated rings. The molecule has 5 heteroatoms. The minimum Gasteiger partial charge on any atom is -0.377 e. The molecule has 1 saturated heterocycles. The van der Waals surface area contributed by atoms with E-state index in [0.29, 0.717) is 29.8 Å². The highest BCUT2D eigenvalue weighted by atomic mass is 79.9. The lowest BCUT2D eigenvalue weighted by Crippen LogP contribution is -2.47. The lowest BCUT2D eigenvalue weighted by atomic mass is 10.1. The van der Waals surface area contributed by atoms with Gasteiger partial charge in [0.1, 0.15) is 5.82 Å². The number of amides is 1. The summed E-state index contributed by atoms with van der Waals surface area (Å²) in [5.41, 5.74) is 0.374. The van der Waals surface area contributed by atoms with E-state index in [0.717, 1.165) is 0 Å². The fourth-order valence-electron chi connectivity index (χ4n) is 1.82. The molecule has 0 spiro atoms. The molecular formula is C12H13BrFNO2. The number of nitrogens with zero attached hydrogens (tertiary/aromatic N) is 1. The first-order valence-corrected chi connectivity index (χ1v) is 6.22. The molecule has 1 aromatic carbocycles. The van der Waals surface area contributed by atoms with E-state index in [4.69, 9.17) is 4.74 Å². The summed E-state index contributed by atoms with van der Waals surface area (Å²) in [5, 5.41) is 0. The number of benzene rings is 1. The van der Waals surface area contributed by atoms with E-state index >= 15 is 0 Å². The predicted molar refractivity (Wildman–Crippen MR) is 65.4 cm³/mol. The summed E-state index contributed by atoms with van der Waals surface area (Å²) in [6.07, 6.45) is 0. The monoisotopic (exact) mass is 301 g/mol. The van der Waals surface area contributed by atoms with Gasteiger partial charge in [-0.15, -0.1) is 0 Å². The van der Waals surface area contributed by atoms with Crippen molar-refractivity contribution in [2.75, 3.05) is 19.8 Å². The Balaban J connectivity index is 2.21. The van der Waals surface area contributed by atoms with E-state index in [9.17, 15) is 9.18 Å². The lowest BCUT2D eigenvalue weighted by molar-refractivity contribution is 0.00357. The molecule has 1 unspecified atom stereocenters. The molecular weight excluding hydrogens is 289 g/mol. The maximum atomic E-state index is 13.4. The van der Waals surface area contributed by atoms with Crippen LogP contribution in [0.15, 0.2) is 22.7 Å². The van der Waals surface area contributed by atoms with Crippen LogP contribution in [0.4, 0.5) is 4.39 Å². The Morgan fingerprint density at radius 2 is 2.35 bits per heavy atom. The van der Waals surface area contributed by atoms with Crippen LogP contribution in [0.2, 0.25) is 0 Å². The summed E-state index contributed by atoms with van der Waals surface area (Å²) in [6.45, 7) is 3.55. The number of hydrogen-bond donors (Lipinski definition) is 0. The van der Waals surface area contributed by atoms with Crippen LogP contribution in [0.25, 0.3) is 0 Å². The fraction of sp³-hybridized carbons (Fsp3) is 0.417. The van der Waals surface area contributed by atoms with Crippen LogP contribution in [0.3, 0.4) is 0 Å². The largest absolute Gasteiger partial charge is 0.377 e. The SMILES string of the molecule is CC1COCCN1C(=O)c1ccc(Br)c(F)c1. The van der Waals surface area contributed by atoms with Gasteiger partial charge in [-0.3, -0.25) is 4.79 Å². The van der Waals surface area contributed by atoms with Crippen molar-refractivity contribution in [1.29, 1.82) is 0 Å². The van der Waals surface area contributed by atoms with Crippen LogP contribution in [0.5, 0.6) is 0 Å². The first-order chi connectivity index (χ1) is 8.09. The van der Waals surface area contributed by atoms with Gasteiger partial charge in [-0.05, 0) is 41.1 Å². The highest BCUT2D eigenvalue weighted by Gasteiger charge is 2.25. The molecule has 0 bridgehead atoms. The van der Waals surface area contributed by atoms with Crippen LogP contribution >= 0.6 is 15.9 Å². The third-order valence-corrected chi connectivity index (χ3v) is 3.44. The predicted octanol–water partition coefficient (Wildman–Crippen LogP) is 2.45. The summed E-state index contributed by atoms with van der Waals surface area (Å²) in [4.78, 5) is 13.9. The summed E-state index contributed by atoms with van der Waals surface area (Å²) >= 11 is 3.07. The molecule has 3 nitrogen and oxygen atoms in total. The Morgan fingerprint density at radius 1 is 1.59 bits per heavy atom. The van der Waals surface area contributed by atoms with Gasteiger partial charge in [-0.1, -0.05) is 0 Å². The molecule has 1 aliphatic heterocycles. The van der Waals surface area contributed by atoms with Crippen molar-refractivity contribution in [3.63, 3.8) is 0 Å². The zero-order valence-corrected chi connectivity index (χ0v) is 11.0. The second kappa shape index (κ2) is 5.14. The molecule has 0 radical (unpaired) electrons.